The maximum absolute atomic E-state index is 12.3. The highest BCUT2D eigenvalue weighted by Crippen LogP contribution is 2.37. The van der Waals surface area contributed by atoms with E-state index in [2.05, 4.69) is 65.7 Å². The van der Waals surface area contributed by atoms with E-state index in [-0.39, 0.29) is 18.2 Å². The zero-order chi connectivity index (χ0) is 19.4. The molecule has 1 amide bonds. The van der Waals surface area contributed by atoms with Crippen LogP contribution in [-0.4, -0.2) is 35.2 Å². The van der Waals surface area contributed by atoms with Crippen LogP contribution >= 0.6 is 0 Å². The van der Waals surface area contributed by atoms with E-state index in [1.165, 1.54) is 11.1 Å². The fourth-order valence-corrected chi connectivity index (χ4v) is 3.83. The topological polar surface area (TPSA) is 41.6 Å². The minimum absolute atomic E-state index is 0.0116. The second-order valence-corrected chi connectivity index (χ2v) is 8.36. The van der Waals surface area contributed by atoms with Gasteiger partial charge in [-0.15, -0.1) is 0 Å². The van der Waals surface area contributed by atoms with Crippen LogP contribution in [0, 0.1) is 0 Å². The van der Waals surface area contributed by atoms with Crippen LogP contribution in [0.5, 0.6) is 0 Å². The van der Waals surface area contributed by atoms with Crippen molar-refractivity contribution in [3.8, 4) is 0 Å². The Labute approximate surface area is 162 Å². The lowest BCUT2D eigenvalue weighted by Crippen LogP contribution is -2.62. The Morgan fingerprint density at radius 1 is 1.11 bits per heavy atom. The molecule has 27 heavy (non-hydrogen) atoms. The van der Waals surface area contributed by atoms with Crippen molar-refractivity contribution < 1.29 is 9.53 Å². The number of nitrogens with one attached hydrogen (secondary N) is 1. The molecule has 2 aromatic carbocycles. The van der Waals surface area contributed by atoms with Crippen LogP contribution in [0.3, 0.4) is 0 Å². The summed E-state index contributed by atoms with van der Waals surface area (Å²) in [5.74, 6) is 0.403. The van der Waals surface area contributed by atoms with Gasteiger partial charge < -0.3 is 10.1 Å². The lowest BCUT2D eigenvalue weighted by Gasteiger charge is -2.51. The summed E-state index contributed by atoms with van der Waals surface area (Å²) >= 11 is 0. The van der Waals surface area contributed by atoms with Crippen LogP contribution in [0.4, 0.5) is 4.79 Å². The number of likely N-dealkylation sites (tertiary alicyclic amines) is 1. The summed E-state index contributed by atoms with van der Waals surface area (Å²) in [4.78, 5) is 14.7. The fraction of sp³-hybridized carbons (Fsp3) is 0.435. The molecule has 3 atom stereocenters. The molecular weight excluding hydrogens is 336 g/mol. The second-order valence-electron chi connectivity index (χ2n) is 8.36. The van der Waals surface area contributed by atoms with Crippen LogP contribution in [0.2, 0.25) is 0 Å². The number of rotatable bonds is 5. The molecule has 2 aromatic rings. The van der Waals surface area contributed by atoms with Gasteiger partial charge in [0.2, 0.25) is 0 Å². The Hall–Kier alpha value is -2.33. The summed E-state index contributed by atoms with van der Waals surface area (Å²) in [6.07, 6.45) is -0.353. The Balaban J connectivity index is 1.72. The maximum Gasteiger partial charge on any atom is 0.407 e. The molecule has 0 unspecified atom stereocenters. The van der Waals surface area contributed by atoms with E-state index in [9.17, 15) is 4.79 Å². The predicted octanol–water partition coefficient (Wildman–Crippen LogP) is 4.57. The number of carbonyl (C=O) groups excluding carboxylic acids is 1. The largest absolute Gasteiger partial charge is 0.444 e. The van der Waals surface area contributed by atoms with E-state index >= 15 is 0 Å². The first-order chi connectivity index (χ1) is 12.8. The molecule has 1 heterocycles. The smallest absolute Gasteiger partial charge is 0.407 e. The van der Waals surface area contributed by atoms with Gasteiger partial charge in [-0.05, 0) is 38.8 Å². The zero-order valence-electron chi connectivity index (χ0n) is 16.7. The normalized spacial score (nSPS) is 21.2. The number of carbonyl (C=O) groups is 1. The number of amides is 1. The molecule has 0 aliphatic carbocycles. The highest BCUT2D eigenvalue weighted by molar-refractivity contribution is 5.68. The van der Waals surface area contributed by atoms with Gasteiger partial charge in [0.25, 0.3) is 0 Å². The van der Waals surface area contributed by atoms with Crippen LogP contribution in [-0.2, 0) is 11.3 Å². The van der Waals surface area contributed by atoms with Crippen molar-refractivity contribution in [3.63, 3.8) is 0 Å². The average molecular weight is 367 g/mol. The Morgan fingerprint density at radius 3 is 2.30 bits per heavy atom. The van der Waals surface area contributed by atoms with Gasteiger partial charge >= 0.3 is 6.09 Å². The Bertz CT molecular complexity index is 740. The lowest BCUT2D eigenvalue weighted by atomic mass is 9.78. The van der Waals surface area contributed by atoms with Crippen molar-refractivity contribution in [3.05, 3.63) is 71.8 Å². The summed E-state index contributed by atoms with van der Waals surface area (Å²) in [6.45, 7) is 9.60. The molecule has 0 radical (unpaired) electrons. The first-order valence-corrected chi connectivity index (χ1v) is 9.66. The third-order valence-electron chi connectivity index (χ3n) is 4.98. The number of benzene rings is 2. The van der Waals surface area contributed by atoms with Crippen molar-refractivity contribution in [1.82, 2.24) is 10.2 Å². The first kappa shape index (κ1) is 19.4. The highest BCUT2D eigenvalue weighted by Gasteiger charge is 2.43. The summed E-state index contributed by atoms with van der Waals surface area (Å²) in [5, 5.41) is 3.05. The van der Waals surface area contributed by atoms with E-state index in [1.54, 1.807) is 0 Å². The Morgan fingerprint density at radius 2 is 1.70 bits per heavy atom. The highest BCUT2D eigenvalue weighted by atomic mass is 16.6. The number of hydrogen-bond donors (Lipinski definition) is 1. The molecule has 1 N–H and O–H groups in total. The van der Waals surface area contributed by atoms with E-state index in [4.69, 9.17) is 4.74 Å². The molecule has 0 saturated carbocycles. The third-order valence-corrected chi connectivity index (χ3v) is 4.98. The predicted molar refractivity (Wildman–Crippen MR) is 109 cm³/mol. The van der Waals surface area contributed by atoms with Gasteiger partial charge in [-0.1, -0.05) is 60.7 Å². The van der Waals surface area contributed by atoms with Crippen LogP contribution in [0.1, 0.15) is 44.7 Å². The van der Waals surface area contributed by atoms with Crippen molar-refractivity contribution in [1.29, 1.82) is 0 Å². The van der Waals surface area contributed by atoms with Crippen LogP contribution in [0.15, 0.2) is 60.7 Å². The molecule has 0 aromatic heterocycles. The number of nitrogens with zero attached hydrogens (tertiary/aromatic N) is 1. The minimum atomic E-state index is -0.494. The standard InChI is InChI=1S/C23H30N2O2/c1-17(24-22(26)27-23(2,3)4)21-20(19-13-9-6-10-14-19)16-25(21)15-18-11-7-5-8-12-18/h5-14,17,20-21H,15-16H2,1-4H3,(H,24,26)/t17-,20-,21-/m0/s1. The van der Waals surface area contributed by atoms with Crippen molar-refractivity contribution in [2.75, 3.05) is 6.54 Å². The second kappa shape index (κ2) is 8.13. The number of hydrogen-bond acceptors (Lipinski definition) is 3. The molecule has 1 saturated heterocycles. The molecule has 0 bridgehead atoms. The maximum atomic E-state index is 12.3. The molecule has 4 heteroatoms. The van der Waals surface area contributed by atoms with E-state index in [0.29, 0.717) is 5.92 Å². The molecule has 1 aliphatic heterocycles. The average Bonchev–Trinajstić information content (AvgIpc) is 2.58. The van der Waals surface area contributed by atoms with Gasteiger partial charge in [0.05, 0.1) is 0 Å². The van der Waals surface area contributed by atoms with Crippen molar-refractivity contribution >= 4 is 6.09 Å². The first-order valence-electron chi connectivity index (χ1n) is 9.66. The van der Waals surface area contributed by atoms with Crippen LogP contribution < -0.4 is 5.32 Å². The van der Waals surface area contributed by atoms with Gasteiger partial charge in [0.1, 0.15) is 5.60 Å². The minimum Gasteiger partial charge on any atom is -0.444 e. The van der Waals surface area contributed by atoms with Gasteiger partial charge in [-0.2, -0.15) is 0 Å². The summed E-state index contributed by atoms with van der Waals surface area (Å²) < 4.78 is 5.45. The molecule has 0 spiro atoms. The van der Waals surface area contributed by atoms with Gasteiger partial charge in [-0.25, -0.2) is 4.79 Å². The van der Waals surface area contributed by atoms with E-state index in [0.717, 1.165) is 13.1 Å². The van der Waals surface area contributed by atoms with E-state index in [1.807, 2.05) is 32.9 Å². The molecular formula is C23H30N2O2. The fourth-order valence-electron chi connectivity index (χ4n) is 3.83. The summed E-state index contributed by atoms with van der Waals surface area (Å²) in [6, 6.07) is 21.3. The zero-order valence-corrected chi connectivity index (χ0v) is 16.7. The van der Waals surface area contributed by atoms with Gasteiger partial charge in [0.15, 0.2) is 0 Å². The molecule has 4 nitrogen and oxygen atoms in total. The van der Waals surface area contributed by atoms with Gasteiger partial charge in [-0.3, -0.25) is 4.90 Å². The molecule has 1 aliphatic rings. The van der Waals surface area contributed by atoms with Crippen LogP contribution in [0.25, 0.3) is 0 Å². The third kappa shape index (κ3) is 5.10. The summed E-state index contributed by atoms with van der Waals surface area (Å²) in [7, 11) is 0. The van der Waals surface area contributed by atoms with Crippen molar-refractivity contribution in [2.24, 2.45) is 0 Å². The number of alkyl carbamates (subject to hydrolysis) is 1. The number of ether oxygens (including phenoxy) is 1. The molecule has 1 fully saturated rings. The quantitative estimate of drug-likeness (QED) is 0.843. The SMILES string of the molecule is C[C@H](NC(=O)OC(C)(C)C)[C@H]1[C@H](c2ccccc2)CN1Cc1ccccc1. The lowest BCUT2D eigenvalue weighted by molar-refractivity contribution is 0.0157. The Kier molecular flexibility index (Phi) is 5.85. The molecule has 144 valence electrons. The molecule has 3 rings (SSSR count). The van der Waals surface area contributed by atoms with Crippen molar-refractivity contribution in [2.45, 2.75) is 57.8 Å². The van der Waals surface area contributed by atoms with Gasteiger partial charge in [0, 0.05) is 31.1 Å². The van der Waals surface area contributed by atoms with E-state index < -0.39 is 5.60 Å². The summed E-state index contributed by atoms with van der Waals surface area (Å²) in [5.41, 5.74) is 2.12. The monoisotopic (exact) mass is 366 g/mol.